The number of hydrogen-bond donors (Lipinski definition) is 1. The van der Waals surface area contributed by atoms with Gasteiger partial charge in [0.25, 0.3) is 5.69 Å². The number of benzene rings is 2. The second kappa shape index (κ2) is 12.2. The largest absolute Gasteiger partial charge is 0.490 e. The Kier molecular flexibility index (Phi) is 8.87. The van der Waals surface area contributed by atoms with E-state index in [1.165, 1.54) is 12.1 Å². The van der Waals surface area contributed by atoms with Gasteiger partial charge in [-0.1, -0.05) is 27.7 Å². The number of aliphatic carboxylic acids is 1. The van der Waals surface area contributed by atoms with Gasteiger partial charge in [0.1, 0.15) is 13.2 Å². The van der Waals surface area contributed by atoms with Crippen LogP contribution in [-0.4, -0.2) is 45.6 Å². The number of nitro groups is 1. The van der Waals surface area contributed by atoms with Gasteiger partial charge in [-0.15, -0.1) is 0 Å². The maximum absolute atomic E-state index is 14.0. The van der Waals surface area contributed by atoms with Crippen molar-refractivity contribution < 1.29 is 33.9 Å². The van der Waals surface area contributed by atoms with Crippen LogP contribution < -0.4 is 9.47 Å². The molecule has 45 heavy (non-hydrogen) atoms. The Balaban J connectivity index is 1.64. The van der Waals surface area contributed by atoms with Gasteiger partial charge in [0.15, 0.2) is 23.1 Å². The smallest absolute Gasteiger partial charge is 0.323 e. The number of non-ortho nitro benzene ring substituents is 1. The number of ketones is 2. The Labute approximate surface area is 275 Å². The molecule has 0 unspecified atom stereocenters. The lowest BCUT2D eigenvalue weighted by atomic mass is 9.63. The summed E-state index contributed by atoms with van der Waals surface area (Å²) >= 11 is 2.16. The number of nitrogens with zero attached hydrogens (tertiary/aromatic N) is 2. The minimum atomic E-state index is -1.03. The molecule has 0 bridgehead atoms. The zero-order valence-corrected chi connectivity index (χ0v) is 28.2. The number of ether oxygens (including phenoxy) is 2. The van der Waals surface area contributed by atoms with Crippen LogP contribution in [0.3, 0.4) is 0 Å². The molecule has 0 saturated heterocycles. The molecule has 0 fully saturated rings. The van der Waals surface area contributed by atoms with Gasteiger partial charge >= 0.3 is 5.97 Å². The average Bonchev–Trinajstić information content (AvgIpc) is 2.92. The summed E-state index contributed by atoms with van der Waals surface area (Å²) in [6.07, 6.45) is 1.60. The highest BCUT2D eigenvalue weighted by Crippen LogP contribution is 2.55. The third kappa shape index (κ3) is 6.63. The summed E-state index contributed by atoms with van der Waals surface area (Å²) in [6.45, 7) is 10.1. The maximum atomic E-state index is 14.0. The first-order valence-corrected chi connectivity index (χ1v) is 16.0. The lowest BCUT2D eigenvalue weighted by Gasteiger charge is -2.48. The molecule has 11 heteroatoms. The van der Waals surface area contributed by atoms with E-state index in [0.29, 0.717) is 62.6 Å². The third-order valence-corrected chi connectivity index (χ3v) is 9.31. The van der Waals surface area contributed by atoms with Crippen molar-refractivity contribution in [2.24, 2.45) is 10.8 Å². The molecule has 0 amide bonds. The Bertz CT molecular complexity index is 1600. The Morgan fingerprint density at radius 1 is 0.978 bits per heavy atom. The number of nitro benzene ring substituents is 1. The Hall–Kier alpha value is -3.74. The number of allylic oxidation sites excluding steroid dienone is 4. The highest BCUT2D eigenvalue weighted by molar-refractivity contribution is 14.1. The average molecular weight is 729 g/mol. The van der Waals surface area contributed by atoms with E-state index in [9.17, 15) is 29.6 Å². The lowest BCUT2D eigenvalue weighted by Crippen LogP contribution is -2.45. The molecule has 5 rings (SSSR count). The summed E-state index contributed by atoms with van der Waals surface area (Å²) in [5.41, 5.74) is 3.03. The summed E-state index contributed by atoms with van der Waals surface area (Å²) in [7, 11) is 0. The molecule has 1 heterocycles. The number of carbonyl (C=O) groups is 3. The van der Waals surface area contributed by atoms with Gasteiger partial charge < -0.3 is 19.5 Å². The number of Topliss-reactive ketones (excluding diaryl/α,β-unsaturated/α-hetero) is 2. The molecule has 1 aliphatic heterocycles. The van der Waals surface area contributed by atoms with Crippen LogP contribution in [-0.2, 0) is 21.0 Å². The fourth-order valence-electron chi connectivity index (χ4n) is 6.73. The molecular formula is C34H37IN2O8. The van der Waals surface area contributed by atoms with Gasteiger partial charge in [-0.25, -0.2) is 0 Å². The van der Waals surface area contributed by atoms with Crippen LogP contribution in [0.15, 0.2) is 58.9 Å². The fourth-order valence-corrected chi connectivity index (χ4v) is 7.52. The van der Waals surface area contributed by atoms with Crippen molar-refractivity contribution in [1.82, 2.24) is 4.90 Å². The maximum Gasteiger partial charge on any atom is 0.323 e. The van der Waals surface area contributed by atoms with E-state index in [1.54, 1.807) is 17.0 Å². The second-order valence-corrected chi connectivity index (χ2v) is 14.7. The molecule has 0 radical (unpaired) electrons. The standard InChI is InChI=1S/C34H37IN2O8/c1-6-44-27-12-20(11-22(35)32(27)45-18-19-7-9-21(10-8-19)37(42)43)29-30-23(13-33(2,3)15-25(30)38)36(17-28(40)41)24-14-34(4,5)16-26(39)31(24)29/h7-12,29H,6,13-18H2,1-5H3,(H,40,41). The first-order valence-electron chi connectivity index (χ1n) is 14.9. The molecular weight excluding hydrogens is 691 g/mol. The molecule has 1 N–H and O–H groups in total. The van der Waals surface area contributed by atoms with E-state index in [0.717, 1.165) is 5.56 Å². The van der Waals surface area contributed by atoms with Crippen LogP contribution >= 0.6 is 22.6 Å². The van der Waals surface area contributed by atoms with Crippen molar-refractivity contribution in [3.05, 3.63) is 83.7 Å². The van der Waals surface area contributed by atoms with E-state index in [2.05, 4.69) is 22.6 Å². The van der Waals surface area contributed by atoms with Crippen molar-refractivity contribution in [1.29, 1.82) is 0 Å². The van der Waals surface area contributed by atoms with Gasteiger partial charge in [0.2, 0.25) is 0 Å². The van der Waals surface area contributed by atoms with Gasteiger partial charge in [0.05, 0.1) is 15.1 Å². The molecule has 0 aromatic heterocycles. The zero-order valence-electron chi connectivity index (χ0n) is 26.1. The Morgan fingerprint density at radius 2 is 1.53 bits per heavy atom. The summed E-state index contributed by atoms with van der Waals surface area (Å²) in [5, 5.41) is 21.0. The van der Waals surface area contributed by atoms with Crippen molar-refractivity contribution >= 4 is 45.8 Å². The van der Waals surface area contributed by atoms with E-state index >= 15 is 0 Å². The topological polar surface area (TPSA) is 136 Å². The highest BCUT2D eigenvalue weighted by Gasteiger charge is 2.49. The van der Waals surface area contributed by atoms with Crippen molar-refractivity contribution in [3.63, 3.8) is 0 Å². The number of carbonyl (C=O) groups excluding carboxylic acids is 2. The van der Waals surface area contributed by atoms with Crippen LogP contribution in [0.25, 0.3) is 0 Å². The lowest BCUT2D eigenvalue weighted by molar-refractivity contribution is -0.384. The minimum Gasteiger partial charge on any atom is -0.490 e. The molecule has 0 atom stereocenters. The van der Waals surface area contributed by atoms with Crippen LogP contribution in [0.2, 0.25) is 0 Å². The van der Waals surface area contributed by atoms with E-state index in [-0.39, 0.29) is 54.1 Å². The predicted molar refractivity (Wildman–Crippen MR) is 175 cm³/mol. The number of carboxylic acids is 1. The Morgan fingerprint density at radius 3 is 2.02 bits per heavy atom. The van der Waals surface area contributed by atoms with E-state index in [4.69, 9.17) is 9.47 Å². The molecule has 2 aliphatic carbocycles. The molecule has 2 aromatic carbocycles. The molecule has 2 aromatic rings. The molecule has 10 nitrogen and oxygen atoms in total. The van der Waals surface area contributed by atoms with Crippen molar-refractivity contribution in [2.75, 3.05) is 13.2 Å². The summed E-state index contributed by atoms with van der Waals surface area (Å²) < 4.78 is 12.9. The molecule has 0 spiro atoms. The SMILES string of the molecule is CCOc1cc(C2C3=C(CC(C)(C)CC3=O)N(CC(=O)O)C3=C2C(=O)CC(C)(C)C3)cc(I)c1OCc1ccc([N+](=O)[O-])cc1. The van der Waals surface area contributed by atoms with Crippen LogP contribution in [0.5, 0.6) is 11.5 Å². The van der Waals surface area contributed by atoms with E-state index < -0.39 is 16.8 Å². The first-order chi connectivity index (χ1) is 21.1. The molecule has 3 aliphatic rings. The van der Waals surface area contributed by atoms with Crippen LogP contribution in [0, 0.1) is 24.5 Å². The fraction of sp³-hybridized carbons (Fsp3) is 0.441. The predicted octanol–water partition coefficient (Wildman–Crippen LogP) is 6.95. The van der Waals surface area contributed by atoms with Gasteiger partial charge in [-0.2, -0.15) is 0 Å². The number of rotatable bonds is 9. The van der Waals surface area contributed by atoms with Gasteiger partial charge in [-0.3, -0.25) is 24.5 Å². The molecule has 0 saturated carbocycles. The number of halogens is 1. The van der Waals surface area contributed by atoms with Gasteiger partial charge in [-0.05, 0) is 88.6 Å². The van der Waals surface area contributed by atoms with Crippen molar-refractivity contribution in [3.8, 4) is 11.5 Å². The summed E-state index contributed by atoms with van der Waals surface area (Å²) in [6, 6.07) is 9.85. The third-order valence-electron chi connectivity index (χ3n) is 8.51. The molecule has 238 valence electrons. The number of hydrogen-bond acceptors (Lipinski definition) is 8. The monoisotopic (exact) mass is 728 g/mol. The normalized spacial score (nSPS) is 19.3. The second-order valence-electron chi connectivity index (χ2n) is 13.5. The van der Waals surface area contributed by atoms with E-state index in [1.807, 2.05) is 46.8 Å². The quantitative estimate of drug-likeness (QED) is 0.165. The first kappa shape index (κ1) is 32.6. The summed E-state index contributed by atoms with van der Waals surface area (Å²) in [5.74, 6) is -0.927. The van der Waals surface area contributed by atoms with Crippen LogP contribution in [0.4, 0.5) is 5.69 Å². The zero-order chi connectivity index (χ0) is 32.8. The number of carboxylic acid groups (broad SMARTS) is 1. The minimum absolute atomic E-state index is 0.00858. The van der Waals surface area contributed by atoms with Crippen LogP contribution in [0.1, 0.15) is 77.3 Å². The van der Waals surface area contributed by atoms with Gasteiger partial charge in [0, 0.05) is 53.4 Å². The summed E-state index contributed by atoms with van der Waals surface area (Å²) in [4.78, 5) is 52.4. The highest BCUT2D eigenvalue weighted by atomic mass is 127. The van der Waals surface area contributed by atoms with Crippen molar-refractivity contribution in [2.45, 2.75) is 72.8 Å².